The molecule has 0 aliphatic heterocycles. The van der Waals surface area contributed by atoms with Gasteiger partial charge in [0.05, 0.1) is 18.3 Å². The van der Waals surface area contributed by atoms with E-state index in [1.54, 1.807) is 0 Å². The Kier molecular flexibility index (Phi) is 4.32. The van der Waals surface area contributed by atoms with E-state index in [1.807, 2.05) is 10.9 Å². The van der Waals surface area contributed by atoms with Crippen LogP contribution in [0.25, 0.3) is 0 Å². The molecule has 118 valence electrons. The fourth-order valence-corrected chi connectivity index (χ4v) is 3.35. The largest absolute Gasteiger partial charge is 0.394 e. The highest BCUT2D eigenvalue weighted by atomic mass is 16.3. The van der Waals surface area contributed by atoms with Crippen molar-refractivity contribution in [2.24, 2.45) is 0 Å². The van der Waals surface area contributed by atoms with Crippen LogP contribution >= 0.6 is 0 Å². The van der Waals surface area contributed by atoms with Crippen LogP contribution in [0, 0.1) is 0 Å². The van der Waals surface area contributed by atoms with Crippen LogP contribution in [0.3, 0.4) is 0 Å². The Hall–Kier alpha value is -1.65. The van der Waals surface area contributed by atoms with Crippen molar-refractivity contribution in [2.45, 2.75) is 51.2 Å². The van der Waals surface area contributed by atoms with Gasteiger partial charge < -0.3 is 10.4 Å². The van der Waals surface area contributed by atoms with Crippen LogP contribution in [0.15, 0.2) is 36.7 Å². The molecule has 0 radical (unpaired) electrons. The van der Waals surface area contributed by atoms with Crippen molar-refractivity contribution in [2.75, 3.05) is 6.61 Å². The Bertz CT molecular complexity index is 635. The number of rotatable bonds is 5. The Labute approximate surface area is 132 Å². The molecule has 1 heterocycles. The molecule has 0 saturated heterocycles. The van der Waals surface area contributed by atoms with Crippen LogP contribution in [0.4, 0.5) is 0 Å². The first-order chi connectivity index (χ1) is 10.6. The van der Waals surface area contributed by atoms with Crippen molar-refractivity contribution in [3.63, 3.8) is 0 Å². The van der Waals surface area contributed by atoms with Crippen molar-refractivity contribution >= 4 is 0 Å². The first-order valence-electron chi connectivity index (χ1n) is 8.12. The molecule has 0 bridgehead atoms. The molecule has 2 N–H and O–H groups in total. The third-order valence-electron chi connectivity index (χ3n) is 4.67. The molecule has 0 unspecified atom stereocenters. The summed E-state index contributed by atoms with van der Waals surface area (Å²) in [5.74, 6) is 0. The highest BCUT2D eigenvalue weighted by molar-refractivity contribution is 5.36. The van der Waals surface area contributed by atoms with Gasteiger partial charge >= 0.3 is 0 Å². The summed E-state index contributed by atoms with van der Waals surface area (Å²) in [6.45, 7) is 5.09. The monoisotopic (exact) mass is 299 g/mol. The highest BCUT2D eigenvalue weighted by Gasteiger charge is 2.35. The van der Waals surface area contributed by atoms with E-state index in [2.05, 4.69) is 54.7 Å². The lowest BCUT2D eigenvalue weighted by Crippen LogP contribution is -2.47. The SMILES string of the molecule is CC(C)n1cc(CN[C@@]2(CO)CCCc3ccccc32)cn1. The number of aliphatic hydroxyl groups is 1. The third-order valence-corrected chi connectivity index (χ3v) is 4.67. The number of nitrogens with one attached hydrogen (secondary N) is 1. The predicted molar refractivity (Wildman–Crippen MR) is 87.6 cm³/mol. The van der Waals surface area contributed by atoms with Gasteiger partial charge in [-0.2, -0.15) is 5.10 Å². The molecule has 0 saturated carbocycles. The van der Waals surface area contributed by atoms with Crippen LogP contribution in [-0.2, 0) is 18.5 Å². The molecule has 22 heavy (non-hydrogen) atoms. The van der Waals surface area contributed by atoms with E-state index in [0.717, 1.165) is 31.4 Å². The fraction of sp³-hybridized carbons (Fsp3) is 0.500. The van der Waals surface area contributed by atoms with Crippen LogP contribution < -0.4 is 5.32 Å². The van der Waals surface area contributed by atoms with Gasteiger partial charge in [-0.05, 0) is 44.2 Å². The molecule has 4 heteroatoms. The van der Waals surface area contributed by atoms with Gasteiger partial charge in [0.1, 0.15) is 0 Å². The van der Waals surface area contributed by atoms with E-state index in [-0.39, 0.29) is 12.1 Å². The summed E-state index contributed by atoms with van der Waals surface area (Å²) in [4.78, 5) is 0. The van der Waals surface area contributed by atoms with Crippen LogP contribution in [-0.4, -0.2) is 21.5 Å². The minimum Gasteiger partial charge on any atom is -0.394 e. The summed E-state index contributed by atoms with van der Waals surface area (Å²) in [5, 5.41) is 18.1. The van der Waals surface area contributed by atoms with Gasteiger partial charge in [-0.1, -0.05) is 24.3 Å². The molecule has 4 nitrogen and oxygen atoms in total. The molecule has 1 aromatic carbocycles. The molecule has 2 aromatic rings. The average Bonchev–Trinajstić information content (AvgIpc) is 3.02. The predicted octanol–water partition coefficient (Wildman–Crippen LogP) is 2.78. The standard InChI is InChI=1S/C18H25N3O/c1-14(2)21-12-15(11-20-21)10-19-18(13-22)9-5-7-16-6-3-4-8-17(16)18/h3-4,6,8,11-12,14,19,22H,5,7,9-10,13H2,1-2H3/t18-/m1/s1. The Morgan fingerprint density at radius 1 is 1.36 bits per heavy atom. The number of aliphatic hydroxyl groups excluding tert-OH is 1. The summed E-state index contributed by atoms with van der Waals surface area (Å²) in [5.41, 5.74) is 3.44. The molecule has 1 aliphatic rings. The third kappa shape index (κ3) is 2.81. The Morgan fingerprint density at radius 3 is 2.91 bits per heavy atom. The van der Waals surface area contributed by atoms with E-state index < -0.39 is 0 Å². The molecule has 0 fully saturated rings. The minimum atomic E-state index is -0.325. The van der Waals surface area contributed by atoms with Gasteiger partial charge in [0.25, 0.3) is 0 Å². The van der Waals surface area contributed by atoms with E-state index >= 15 is 0 Å². The van der Waals surface area contributed by atoms with E-state index in [9.17, 15) is 5.11 Å². The maximum Gasteiger partial charge on any atom is 0.0674 e. The highest BCUT2D eigenvalue weighted by Crippen LogP contribution is 2.35. The number of nitrogens with zero attached hydrogens (tertiary/aromatic N) is 2. The van der Waals surface area contributed by atoms with Crippen molar-refractivity contribution in [3.05, 3.63) is 53.3 Å². The zero-order valence-corrected chi connectivity index (χ0v) is 13.4. The number of benzene rings is 1. The number of fused-ring (bicyclic) bond motifs is 1. The van der Waals surface area contributed by atoms with Gasteiger partial charge in [-0.25, -0.2) is 0 Å². The van der Waals surface area contributed by atoms with Crippen LogP contribution in [0.5, 0.6) is 0 Å². The topological polar surface area (TPSA) is 50.1 Å². The smallest absolute Gasteiger partial charge is 0.0674 e. The molecule has 0 spiro atoms. The first kappa shape index (κ1) is 15.3. The molecular weight excluding hydrogens is 274 g/mol. The second-order valence-electron chi connectivity index (χ2n) is 6.53. The fourth-order valence-electron chi connectivity index (χ4n) is 3.35. The molecule has 3 rings (SSSR count). The lowest BCUT2D eigenvalue weighted by atomic mass is 9.77. The van der Waals surface area contributed by atoms with Gasteiger partial charge in [0.15, 0.2) is 0 Å². The Morgan fingerprint density at radius 2 is 2.18 bits per heavy atom. The molecular formula is C18H25N3O. The summed E-state index contributed by atoms with van der Waals surface area (Å²) >= 11 is 0. The number of aromatic nitrogens is 2. The molecule has 1 aliphatic carbocycles. The normalized spacial score (nSPS) is 21.1. The second-order valence-corrected chi connectivity index (χ2v) is 6.53. The maximum absolute atomic E-state index is 10.1. The van der Waals surface area contributed by atoms with Gasteiger partial charge in [0.2, 0.25) is 0 Å². The average molecular weight is 299 g/mol. The van der Waals surface area contributed by atoms with Crippen molar-refractivity contribution in [3.8, 4) is 0 Å². The summed E-state index contributed by atoms with van der Waals surface area (Å²) in [7, 11) is 0. The van der Waals surface area contributed by atoms with E-state index in [1.165, 1.54) is 11.1 Å². The molecule has 1 atom stereocenters. The summed E-state index contributed by atoms with van der Waals surface area (Å²) < 4.78 is 1.97. The van der Waals surface area contributed by atoms with Crippen LogP contribution in [0.1, 0.15) is 49.4 Å². The number of aryl methyl sites for hydroxylation is 1. The zero-order chi connectivity index (χ0) is 15.6. The van der Waals surface area contributed by atoms with Gasteiger partial charge in [0, 0.05) is 24.3 Å². The number of hydrogen-bond acceptors (Lipinski definition) is 3. The minimum absolute atomic E-state index is 0.127. The summed E-state index contributed by atoms with van der Waals surface area (Å²) in [6.07, 6.45) is 7.17. The zero-order valence-electron chi connectivity index (χ0n) is 13.4. The number of hydrogen-bond donors (Lipinski definition) is 2. The van der Waals surface area contributed by atoms with Crippen molar-refractivity contribution < 1.29 is 5.11 Å². The molecule has 1 aromatic heterocycles. The Balaban J connectivity index is 1.80. The molecule has 0 amide bonds. The van der Waals surface area contributed by atoms with E-state index in [0.29, 0.717) is 6.04 Å². The summed E-state index contributed by atoms with van der Waals surface area (Å²) in [6, 6.07) is 8.84. The van der Waals surface area contributed by atoms with Gasteiger partial charge in [-0.15, -0.1) is 0 Å². The first-order valence-corrected chi connectivity index (χ1v) is 8.12. The van der Waals surface area contributed by atoms with Crippen molar-refractivity contribution in [1.82, 2.24) is 15.1 Å². The second kappa shape index (κ2) is 6.23. The van der Waals surface area contributed by atoms with Crippen LogP contribution in [0.2, 0.25) is 0 Å². The lowest BCUT2D eigenvalue weighted by molar-refractivity contribution is 0.140. The lowest BCUT2D eigenvalue weighted by Gasteiger charge is -2.38. The van der Waals surface area contributed by atoms with Crippen molar-refractivity contribution in [1.29, 1.82) is 0 Å². The quantitative estimate of drug-likeness (QED) is 0.892. The van der Waals surface area contributed by atoms with Gasteiger partial charge in [-0.3, -0.25) is 4.68 Å². The maximum atomic E-state index is 10.1. The van der Waals surface area contributed by atoms with E-state index in [4.69, 9.17) is 0 Å².